The lowest BCUT2D eigenvalue weighted by Gasteiger charge is -2.40. The minimum atomic E-state index is -0.475. The summed E-state index contributed by atoms with van der Waals surface area (Å²) < 4.78 is 0. The van der Waals surface area contributed by atoms with Crippen LogP contribution in [0.15, 0.2) is 168 Å². The highest BCUT2D eigenvalue weighted by Gasteiger charge is 2.50. The second-order valence-electron chi connectivity index (χ2n) is 13.5. The Morgan fingerprint density at radius 1 is 0.385 bits per heavy atom. The summed E-state index contributed by atoms with van der Waals surface area (Å²) in [5.41, 5.74) is 14.4. The molecular formula is C47H32N4S. The number of hydrogen-bond donors (Lipinski definition) is 0. The summed E-state index contributed by atoms with van der Waals surface area (Å²) in [6.45, 7) is 4.08. The predicted molar refractivity (Wildman–Crippen MR) is 210 cm³/mol. The highest BCUT2D eigenvalue weighted by Crippen LogP contribution is 2.63. The van der Waals surface area contributed by atoms with Crippen LogP contribution in [0.2, 0.25) is 0 Å². The first-order chi connectivity index (χ1) is 25.6. The van der Waals surface area contributed by atoms with Crippen LogP contribution >= 0.6 is 11.8 Å². The molecule has 0 bridgehead atoms. The summed E-state index contributed by atoms with van der Waals surface area (Å²) in [6.07, 6.45) is 0. The second-order valence-corrected chi connectivity index (χ2v) is 14.5. The zero-order valence-electron chi connectivity index (χ0n) is 28.7. The molecule has 2 aromatic heterocycles. The molecule has 8 aromatic rings. The second kappa shape index (κ2) is 12.0. The van der Waals surface area contributed by atoms with Crippen LogP contribution in [-0.4, -0.2) is 19.9 Å². The van der Waals surface area contributed by atoms with Crippen molar-refractivity contribution in [2.75, 3.05) is 0 Å². The summed E-state index contributed by atoms with van der Waals surface area (Å²) >= 11 is 1.81. The monoisotopic (exact) mass is 684 g/mol. The molecule has 6 aromatic carbocycles. The van der Waals surface area contributed by atoms with Crippen LogP contribution in [-0.2, 0) is 5.41 Å². The molecule has 0 saturated carbocycles. The zero-order valence-corrected chi connectivity index (χ0v) is 29.5. The van der Waals surface area contributed by atoms with Crippen LogP contribution in [0.4, 0.5) is 0 Å². The van der Waals surface area contributed by atoms with Crippen molar-refractivity contribution < 1.29 is 0 Å². The number of aryl methyl sites for hydroxylation is 2. The molecule has 10 rings (SSSR count). The average molecular weight is 685 g/mol. The normalized spacial score (nSPS) is 13.3. The molecule has 1 aliphatic heterocycles. The summed E-state index contributed by atoms with van der Waals surface area (Å²) in [5.74, 6) is 1.94. The Balaban J connectivity index is 1.19. The maximum absolute atomic E-state index is 5.25. The van der Waals surface area contributed by atoms with Crippen LogP contribution in [0.3, 0.4) is 0 Å². The first-order valence-corrected chi connectivity index (χ1v) is 18.4. The van der Waals surface area contributed by atoms with Crippen LogP contribution in [0.5, 0.6) is 0 Å². The molecule has 0 unspecified atom stereocenters. The van der Waals surface area contributed by atoms with Crippen molar-refractivity contribution in [3.8, 4) is 56.4 Å². The smallest absolute Gasteiger partial charge is 0.165 e. The zero-order chi connectivity index (χ0) is 34.8. The summed E-state index contributed by atoms with van der Waals surface area (Å²) in [7, 11) is 0. The maximum atomic E-state index is 5.25. The summed E-state index contributed by atoms with van der Waals surface area (Å²) in [4.78, 5) is 22.6. The van der Waals surface area contributed by atoms with E-state index < -0.39 is 5.41 Å². The third kappa shape index (κ3) is 4.63. The van der Waals surface area contributed by atoms with E-state index in [9.17, 15) is 0 Å². The first-order valence-electron chi connectivity index (χ1n) is 17.6. The van der Waals surface area contributed by atoms with E-state index in [1.165, 1.54) is 43.2 Å². The molecule has 0 N–H and O–H groups in total. The van der Waals surface area contributed by atoms with E-state index in [2.05, 4.69) is 151 Å². The molecule has 1 aliphatic carbocycles. The van der Waals surface area contributed by atoms with Gasteiger partial charge in [0.1, 0.15) is 0 Å². The minimum Gasteiger partial charge on any atom is -0.258 e. The Bertz CT molecular complexity index is 2640. The molecule has 2 aliphatic rings. The van der Waals surface area contributed by atoms with Crippen LogP contribution in [0, 0.1) is 13.8 Å². The Hall–Kier alpha value is -6.17. The molecular weight excluding hydrogens is 653 g/mol. The number of benzene rings is 6. The van der Waals surface area contributed by atoms with Gasteiger partial charge in [0.05, 0.1) is 5.41 Å². The van der Waals surface area contributed by atoms with Gasteiger partial charge in [0.25, 0.3) is 0 Å². The number of aromatic nitrogens is 4. The lowest BCUT2D eigenvalue weighted by atomic mass is 9.67. The molecule has 246 valence electrons. The molecule has 0 radical (unpaired) electrons. The predicted octanol–water partition coefficient (Wildman–Crippen LogP) is 11.4. The maximum Gasteiger partial charge on any atom is 0.165 e. The summed E-state index contributed by atoms with van der Waals surface area (Å²) in [6, 6.07) is 56.2. The fraction of sp³-hybridized carbons (Fsp3) is 0.0638. The SMILES string of the molecule is Cc1ccc(-c2ccc(-c3nc(-c4ccccc4)nc(-c4cccc5c4Sc4ccccc4C54c5ccccc5-c5ccccc54)n3)cc2)c(C)n1. The number of hydrogen-bond acceptors (Lipinski definition) is 5. The third-order valence-electron chi connectivity index (χ3n) is 10.5. The molecule has 4 nitrogen and oxygen atoms in total. The van der Waals surface area contributed by atoms with Gasteiger partial charge in [-0.2, -0.15) is 0 Å². The van der Waals surface area contributed by atoms with E-state index in [4.69, 9.17) is 15.0 Å². The third-order valence-corrected chi connectivity index (χ3v) is 11.7. The minimum absolute atomic E-state index is 0.475. The van der Waals surface area contributed by atoms with Crippen LogP contribution in [0.25, 0.3) is 56.4 Å². The van der Waals surface area contributed by atoms with E-state index >= 15 is 0 Å². The summed E-state index contributed by atoms with van der Waals surface area (Å²) in [5, 5.41) is 0. The fourth-order valence-corrected chi connectivity index (χ4v) is 9.48. The van der Waals surface area contributed by atoms with Crippen molar-refractivity contribution in [3.05, 3.63) is 191 Å². The quantitative estimate of drug-likeness (QED) is 0.185. The van der Waals surface area contributed by atoms with Crippen LogP contribution in [0.1, 0.15) is 33.6 Å². The number of rotatable bonds is 4. The standard InChI is InChI=1S/C47H32N4S/c1-29-23-28-34(30(2)48-29)31-24-26-33(27-25-31)45-49-44(32-13-4-3-5-14-32)50-46(51-45)37-17-12-21-41-43(37)52-42-22-11-10-20-40(42)47(41)38-18-8-6-15-35(38)36-16-7-9-19-39(36)47/h3-28H,1-2H3. The first kappa shape index (κ1) is 30.6. The van der Waals surface area contributed by atoms with Gasteiger partial charge in [-0.05, 0) is 64.9 Å². The van der Waals surface area contributed by atoms with Gasteiger partial charge in [0, 0.05) is 43.4 Å². The number of fused-ring (bicyclic) bond motifs is 9. The van der Waals surface area contributed by atoms with Crippen molar-refractivity contribution >= 4 is 11.8 Å². The molecule has 0 atom stereocenters. The van der Waals surface area contributed by atoms with E-state index in [0.29, 0.717) is 17.5 Å². The van der Waals surface area contributed by atoms with Gasteiger partial charge in [-0.25, -0.2) is 15.0 Å². The highest BCUT2D eigenvalue weighted by atomic mass is 32.2. The van der Waals surface area contributed by atoms with E-state index in [1.807, 2.05) is 36.9 Å². The van der Waals surface area contributed by atoms with Crippen molar-refractivity contribution in [1.82, 2.24) is 19.9 Å². The number of nitrogens with zero attached hydrogens (tertiary/aromatic N) is 4. The molecule has 0 fully saturated rings. The Morgan fingerprint density at radius 3 is 1.62 bits per heavy atom. The molecule has 1 spiro atoms. The van der Waals surface area contributed by atoms with E-state index in [1.54, 1.807) is 0 Å². The van der Waals surface area contributed by atoms with Crippen molar-refractivity contribution in [2.45, 2.75) is 29.1 Å². The number of pyridine rings is 1. The van der Waals surface area contributed by atoms with Gasteiger partial charge in [-0.3, -0.25) is 4.98 Å². The topological polar surface area (TPSA) is 51.6 Å². The fourth-order valence-electron chi connectivity index (χ4n) is 8.19. The van der Waals surface area contributed by atoms with Gasteiger partial charge in [-0.1, -0.05) is 157 Å². The van der Waals surface area contributed by atoms with Crippen LogP contribution < -0.4 is 0 Å². The van der Waals surface area contributed by atoms with Gasteiger partial charge >= 0.3 is 0 Å². The average Bonchev–Trinajstić information content (AvgIpc) is 3.49. The molecule has 0 amide bonds. The van der Waals surface area contributed by atoms with Gasteiger partial charge < -0.3 is 0 Å². The lowest BCUT2D eigenvalue weighted by molar-refractivity contribution is 0.722. The van der Waals surface area contributed by atoms with Crippen molar-refractivity contribution in [2.24, 2.45) is 0 Å². The van der Waals surface area contributed by atoms with Gasteiger partial charge in [-0.15, -0.1) is 0 Å². The Labute approximate surface area is 307 Å². The molecule has 3 heterocycles. The highest BCUT2D eigenvalue weighted by molar-refractivity contribution is 7.99. The lowest BCUT2D eigenvalue weighted by Crippen LogP contribution is -2.32. The Morgan fingerprint density at radius 2 is 0.923 bits per heavy atom. The van der Waals surface area contributed by atoms with Crippen molar-refractivity contribution in [3.63, 3.8) is 0 Å². The van der Waals surface area contributed by atoms with E-state index in [-0.39, 0.29) is 0 Å². The van der Waals surface area contributed by atoms with Gasteiger partial charge in [0.15, 0.2) is 17.5 Å². The Kier molecular flexibility index (Phi) is 7.05. The van der Waals surface area contributed by atoms with E-state index in [0.717, 1.165) is 39.2 Å². The van der Waals surface area contributed by atoms with Crippen molar-refractivity contribution in [1.29, 1.82) is 0 Å². The van der Waals surface area contributed by atoms with Gasteiger partial charge in [0.2, 0.25) is 0 Å². The molecule has 52 heavy (non-hydrogen) atoms. The molecule has 0 saturated heterocycles. The largest absolute Gasteiger partial charge is 0.258 e. The molecule has 5 heteroatoms.